The van der Waals surface area contributed by atoms with Gasteiger partial charge in [0.25, 0.3) is 9.40 Å². The highest BCUT2D eigenvalue weighted by Gasteiger charge is 2.15. The number of rotatable bonds is 3. The lowest BCUT2D eigenvalue weighted by molar-refractivity contribution is -0.00000372. The van der Waals surface area contributed by atoms with Gasteiger partial charge in [-0.3, -0.25) is 0 Å². The average molecular weight is 492 g/mol. The lowest BCUT2D eigenvalue weighted by Crippen LogP contribution is -3.00. The first-order valence-electron chi connectivity index (χ1n) is 6.58. The van der Waals surface area contributed by atoms with E-state index in [1.165, 1.54) is 15.0 Å². The van der Waals surface area contributed by atoms with Crippen molar-refractivity contribution in [1.82, 2.24) is 4.98 Å². The number of aromatic nitrogens is 1. The number of hydrogen-bond donors (Lipinski definition) is 0. The van der Waals surface area contributed by atoms with Gasteiger partial charge >= 0.3 is 0 Å². The van der Waals surface area contributed by atoms with Crippen LogP contribution in [0, 0.1) is 0 Å². The van der Waals surface area contributed by atoms with E-state index in [2.05, 4.69) is 75.2 Å². The molecule has 1 nitrogen and oxygen atoms in total. The standard InChI is InChI=1S/C16H14Br2NS.BrH/c1-10(17)5-6-11-3-2-4-14-16(11)19-13-8-7-12(18)9-15(13)20-14;/h2-4,7-10H,5-6H2,1H3;1H/q+1;/p-1. The molecular formula is C16H14Br3NS. The van der Waals surface area contributed by atoms with Gasteiger partial charge in [-0.1, -0.05) is 50.9 Å². The van der Waals surface area contributed by atoms with Gasteiger partial charge in [-0.25, -0.2) is 4.98 Å². The molecule has 0 saturated carbocycles. The predicted molar refractivity (Wildman–Crippen MR) is 95.9 cm³/mol. The van der Waals surface area contributed by atoms with Crippen LogP contribution in [0.15, 0.2) is 40.9 Å². The Morgan fingerprint density at radius 2 is 2.00 bits per heavy atom. The summed E-state index contributed by atoms with van der Waals surface area (Å²) in [6, 6.07) is 12.8. The fourth-order valence-corrected chi connectivity index (χ4v) is 4.04. The molecule has 0 fully saturated rings. The summed E-state index contributed by atoms with van der Waals surface area (Å²) in [4.78, 5) is 5.41. The normalized spacial score (nSPS) is 12.3. The highest BCUT2D eigenvalue weighted by Crippen LogP contribution is 2.30. The minimum absolute atomic E-state index is 0. The van der Waals surface area contributed by atoms with Crippen molar-refractivity contribution in [3.05, 3.63) is 46.4 Å². The van der Waals surface area contributed by atoms with Crippen molar-refractivity contribution in [3.63, 3.8) is 0 Å². The summed E-state index contributed by atoms with van der Waals surface area (Å²) in [7, 11) is 0. The number of halogens is 3. The third-order valence-electron chi connectivity index (χ3n) is 3.27. The molecule has 1 heterocycles. The first kappa shape index (κ1) is 17.3. The molecule has 0 amide bonds. The Balaban J connectivity index is 0.00000161. The molecule has 3 aromatic rings. The Kier molecular flexibility index (Phi) is 6.12. The maximum absolute atomic E-state index is 4.87. The quantitative estimate of drug-likeness (QED) is 0.311. The van der Waals surface area contributed by atoms with Crippen LogP contribution >= 0.6 is 43.2 Å². The summed E-state index contributed by atoms with van der Waals surface area (Å²) < 4.78 is 3.58. The maximum atomic E-state index is 4.87. The van der Waals surface area contributed by atoms with E-state index in [9.17, 15) is 0 Å². The van der Waals surface area contributed by atoms with Crippen LogP contribution in [0.5, 0.6) is 0 Å². The number of alkyl halides is 1. The first-order chi connectivity index (χ1) is 9.63. The number of nitrogens with zero attached hydrogens (tertiary/aromatic N) is 1. The van der Waals surface area contributed by atoms with Crippen molar-refractivity contribution < 1.29 is 17.0 Å². The monoisotopic (exact) mass is 489 g/mol. The smallest absolute Gasteiger partial charge is 0.258 e. The van der Waals surface area contributed by atoms with Crippen LogP contribution in [-0.4, -0.2) is 9.81 Å². The summed E-state index contributed by atoms with van der Waals surface area (Å²) in [5, 5.41) is 0. The largest absolute Gasteiger partial charge is 1.00 e. The summed E-state index contributed by atoms with van der Waals surface area (Å²) in [6.45, 7) is 2.19. The SMILES string of the molecule is CC(Br)CCc1cccc2[s+]c3cc(Br)ccc3nc12.[Br-]. The van der Waals surface area contributed by atoms with Gasteiger partial charge in [0, 0.05) is 21.4 Å². The van der Waals surface area contributed by atoms with Crippen LogP contribution in [0.4, 0.5) is 0 Å². The van der Waals surface area contributed by atoms with Crippen molar-refractivity contribution in [2.75, 3.05) is 0 Å². The molecule has 0 aliphatic carbocycles. The van der Waals surface area contributed by atoms with E-state index < -0.39 is 0 Å². The Morgan fingerprint density at radius 1 is 1.19 bits per heavy atom. The Hall–Kier alpha value is -0.100. The molecular weight excluding hydrogens is 478 g/mol. The molecule has 0 bridgehead atoms. The minimum atomic E-state index is 0. The summed E-state index contributed by atoms with van der Waals surface area (Å²) in [5.74, 6) is 0. The summed E-state index contributed by atoms with van der Waals surface area (Å²) >= 11 is 8.96. The van der Waals surface area contributed by atoms with E-state index in [-0.39, 0.29) is 17.0 Å². The van der Waals surface area contributed by atoms with Gasteiger partial charge in [0.05, 0.1) is 0 Å². The molecule has 0 N–H and O–H groups in total. The zero-order chi connectivity index (χ0) is 14.1. The van der Waals surface area contributed by atoms with Crippen LogP contribution in [0.1, 0.15) is 18.9 Å². The molecule has 1 atom stereocenters. The van der Waals surface area contributed by atoms with Gasteiger partial charge in [-0.2, -0.15) is 0 Å². The third-order valence-corrected chi connectivity index (χ3v) is 5.32. The lowest BCUT2D eigenvalue weighted by atomic mass is 10.1. The van der Waals surface area contributed by atoms with Crippen molar-refractivity contribution in [1.29, 1.82) is 0 Å². The Bertz CT molecular complexity index is 774. The molecule has 110 valence electrons. The van der Waals surface area contributed by atoms with E-state index in [0.29, 0.717) is 4.83 Å². The lowest BCUT2D eigenvalue weighted by Gasteiger charge is -2.04. The highest BCUT2D eigenvalue weighted by molar-refractivity contribution is 9.10. The van der Waals surface area contributed by atoms with Crippen LogP contribution in [-0.2, 0) is 6.42 Å². The number of benzene rings is 2. The molecule has 0 saturated heterocycles. The first-order valence-corrected chi connectivity index (χ1v) is 9.11. The number of para-hydroxylation sites is 1. The van der Waals surface area contributed by atoms with Crippen LogP contribution in [0.3, 0.4) is 0 Å². The molecule has 3 rings (SSSR count). The van der Waals surface area contributed by atoms with Crippen molar-refractivity contribution in [2.24, 2.45) is 0 Å². The molecule has 2 aromatic carbocycles. The molecule has 0 aliphatic heterocycles. The second-order valence-electron chi connectivity index (χ2n) is 4.91. The summed E-state index contributed by atoms with van der Waals surface area (Å²) in [6.07, 6.45) is 2.19. The number of fused-ring (bicyclic) bond motifs is 2. The van der Waals surface area contributed by atoms with E-state index in [1.807, 2.05) is 11.3 Å². The second-order valence-corrected chi connectivity index (χ2v) is 8.47. The predicted octanol–water partition coefficient (Wildman–Crippen LogP) is 3.21. The zero-order valence-corrected chi connectivity index (χ0v) is 17.0. The van der Waals surface area contributed by atoms with Gasteiger partial charge in [0.1, 0.15) is 11.0 Å². The van der Waals surface area contributed by atoms with E-state index in [4.69, 9.17) is 4.98 Å². The topological polar surface area (TPSA) is 12.9 Å². The van der Waals surface area contributed by atoms with Gasteiger partial charge in [-0.05, 0) is 30.5 Å². The van der Waals surface area contributed by atoms with Gasteiger partial charge in [0.15, 0.2) is 0 Å². The van der Waals surface area contributed by atoms with Gasteiger partial charge < -0.3 is 17.0 Å². The zero-order valence-electron chi connectivity index (χ0n) is 11.4. The maximum Gasteiger partial charge on any atom is 0.258 e. The average Bonchev–Trinajstić information content (AvgIpc) is 2.42. The second kappa shape index (κ2) is 7.44. The Labute approximate surface area is 155 Å². The van der Waals surface area contributed by atoms with Gasteiger partial charge in [0.2, 0.25) is 11.3 Å². The van der Waals surface area contributed by atoms with Crippen LogP contribution in [0.2, 0.25) is 0 Å². The van der Waals surface area contributed by atoms with Crippen LogP contribution in [0.25, 0.3) is 20.4 Å². The van der Waals surface area contributed by atoms with Crippen molar-refractivity contribution in [2.45, 2.75) is 24.6 Å². The molecule has 0 aliphatic rings. The molecule has 21 heavy (non-hydrogen) atoms. The number of aryl methyl sites for hydroxylation is 1. The van der Waals surface area contributed by atoms with Crippen molar-refractivity contribution in [3.8, 4) is 0 Å². The summed E-state index contributed by atoms with van der Waals surface area (Å²) in [5.41, 5.74) is 3.57. The van der Waals surface area contributed by atoms with E-state index in [1.54, 1.807) is 0 Å². The molecule has 5 heteroatoms. The van der Waals surface area contributed by atoms with Crippen molar-refractivity contribution >= 4 is 63.6 Å². The third kappa shape index (κ3) is 4.01. The highest BCUT2D eigenvalue weighted by atomic mass is 79.9. The Morgan fingerprint density at radius 3 is 2.76 bits per heavy atom. The molecule has 1 unspecified atom stereocenters. The van der Waals surface area contributed by atoms with Gasteiger partial charge in [-0.15, -0.1) is 0 Å². The fraction of sp³-hybridized carbons (Fsp3) is 0.250. The van der Waals surface area contributed by atoms with E-state index in [0.717, 1.165) is 28.3 Å². The fourth-order valence-electron chi connectivity index (χ4n) is 2.23. The number of hydrogen-bond acceptors (Lipinski definition) is 1. The molecule has 0 radical (unpaired) electrons. The minimum Gasteiger partial charge on any atom is -1.00 e. The van der Waals surface area contributed by atoms with Crippen LogP contribution < -0.4 is 17.0 Å². The molecule has 1 aromatic heterocycles. The van der Waals surface area contributed by atoms with E-state index >= 15 is 0 Å². The molecule has 0 spiro atoms.